The highest BCUT2D eigenvalue weighted by Crippen LogP contribution is 2.41. The van der Waals surface area contributed by atoms with Crippen molar-refractivity contribution in [1.82, 2.24) is 15.1 Å². The third kappa shape index (κ3) is 3.32. The highest BCUT2D eigenvalue weighted by molar-refractivity contribution is 5.34. The Kier molecular flexibility index (Phi) is 4.54. The summed E-state index contributed by atoms with van der Waals surface area (Å²) in [4.78, 5) is 2.49. The van der Waals surface area contributed by atoms with Gasteiger partial charge in [0.2, 0.25) is 0 Å². The zero-order valence-corrected chi connectivity index (χ0v) is 14.0. The van der Waals surface area contributed by atoms with Crippen LogP contribution in [-0.2, 0) is 19.4 Å². The lowest BCUT2D eigenvalue weighted by Gasteiger charge is -2.21. The second-order valence-electron chi connectivity index (χ2n) is 6.80. The predicted molar refractivity (Wildman–Crippen MR) is 92.3 cm³/mol. The number of aromatic amines is 1. The van der Waals surface area contributed by atoms with Gasteiger partial charge in [-0.15, -0.1) is 0 Å². The molecule has 1 fully saturated rings. The van der Waals surface area contributed by atoms with Gasteiger partial charge in [0.25, 0.3) is 0 Å². The molecule has 0 saturated heterocycles. The van der Waals surface area contributed by atoms with Crippen LogP contribution in [0.2, 0.25) is 0 Å². The van der Waals surface area contributed by atoms with Crippen molar-refractivity contribution in [2.45, 2.75) is 38.1 Å². The van der Waals surface area contributed by atoms with Gasteiger partial charge in [-0.25, -0.2) is 0 Å². The molecule has 0 radical (unpaired) electrons. The van der Waals surface area contributed by atoms with Gasteiger partial charge in [-0.2, -0.15) is 5.10 Å². The summed E-state index contributed by atoms with van der Waals surface area (Å²) in [7, 11) is 0. The van der Waals surface area contributed by atoms with E-state index < -0.39 is 0 Å². The van der Waals surface area contributed by atoms with Crippen LogP contribution in [0.1, 0.15) is 41.3 Å². The van der Waals surface area contributed by atoms with Crippen molar-refractivity contribution < 1.29 is 9.84 Å². The first kappa shape index (κ1) is 15.7. The molecule has 2 aliphatic rings. The molecule has 5 heteroatoms. The van der Waals surface area contributed by atoms with Crippen molar-refractivity contribution in [2.75, 3.05) is 26.3 Å². The van der Waals surface area contributed by atoms with Gasteiger partial charge in [0.15, 0.2) is 0 Å². The Morgan fingerprint density at radius 3 is 2.88 bits per heavy atom. The highest BCUT2D eigenvalue weighted by Gasteiger charge is 2.31. The third-order valence-electron chi connectivity index (χ3n) is 5.02. The van der Waals surface area contributed by atoms with E-state index in [-0.39, 0.29) is 6.61 Å². The maximum Gasteiger partial charge on any atom is 0.123 e. The van der Waals surface area contributed by atoms with Gasteiger partial charge in [-0.1, -0.05) is 18.2 Å². The van der Waals surface area contributed by atoms with Crippen molar-refractivity contribution in [3.05, 3.63) is 46.8 Å². The van der Waals surface area contributed by atoms with Gasteiger partial charge in [0.05, 0.1) is 12.3 Å². The van der Waals surface area contributed by atoms with E-state index in [1.54, 1.807) is 0 Å². The second-order valence-corrected chi connectivity index (χ2v) is 6.80. The third-order valence-corrected chi connectivity index (χ3v) is 5.02. The molecule has 0 bridgehead atoms. The Bertz CT molecular complexity index is 694. The van der Waals surface area contributed by atoms with Crippen LogP contribution in [0.25, 0.3) is 0 Å². The number of aromatic nitrogens is 2. The number of H-pyrrole nitrogens is 1. The number of ether oxygens (including phenoxy) is 1. The number of hydrogen-bond acceptors (Lipinski definition) is 4. The summed E-state index contributed by atoms with van der Waals surface area (Å²) in [6.07, 6.45) is 4.72. The molecule has 0 atom stereocenters. The highest BCUT2D eigenvalue weighted by atomic mass is 16.5. The Morgan fingerprint density at radius 1 is 1.21 bits per heavy atom. The molecular weight excluding hydrogens is 302 g/mol. The number of rotatable bonds is 6. The first-order chi connectivity index (χ1) is 11.8. The fourth-order valence-corrected chi connectivity index (χ4v) is 3.58. The molecule has 5 nitrogen and oxygen atoms in total. The fourth-order valence-electron chi connectivity index (χ4n) is 3.58. The zero-order valence-electron chi connectivity index (χ0n) is 14.0. The average Bonchev–Trinajstić information content (AvgIpc) is 3.40. The molecular formula is C19H25N3O2. The molecule has 2 aromatic rings. The minimum atomic E-state index is 0.0453. The number of para-hydroxylation sites is 1. The van der Waals surface area contributed by atoms with Crippen LogP contribution in [0.3, 0.4) is 0 Å². The van der Waals surface area contributed by atoms with Gasteiger partial charge in [-0.3, -0.25) is 10.00 Å². The van der Waals surface area contributed by atoms with Gasteiger partial charge >= 0.3 is 0 Å². The van der Waals surface area contributed by atoms with Gasteiger partial charge in [0.1, 0.15) is 12.4 Å². The standard InChI is InChI=1S/C19H25N3O2/c23-11-12-24-18-4-2-1-3-15(18)13-22-9-7-16-17(8-10-22)20-21-19(16)14-5-6-14/h1-4,14,23H,5-13H2,(H,20,21). The van der Waals surface area contributed by atoms with Crippen LogP contribution in [0.5, 0.6) is 5.75 Å². The van der Waals surface area contributed by atoms with Gasteiger partial charge < -0.3 is 9.84 Å². The van der Waals surface area contributed by atoms with E-state index in [1.165, 1.54) is 35.4 Å². The topological polar surface area (TPSA) is 61.4 Å². The number of hydrogen-bond donors (Lipinski definition) is 2. The van der Waals surface area contributed by atoms with Gasteiger partial charge in [-0.05, 0) is 30.9 Å². The van der Waals surface area contributed by atoms with E-state index in [9.17, 15) is 0 Å². The maximum atomic E-state index is 8.98. The van der Waals surface area contributed by atoms with E-state index in [1.807, 2.05) is 12.1 Å². The number of nitrogens with one attached hydrogen (secondary N) is 1. The van der Waals surface area contributed by atoms with Crippen molar-refractivity contribution in [1.29, 1.82) is 0 Å². The Balaban J connectivity index is 1.44. The average molecular weight is 327 g/mol. The maximum absolute atomic E-state index is 8.98. The zero-order chi connectivity index (χ0) is 16.4. The SMILES string of the molecule is OCCOc1ccccc1CN1CCc2[nH]nc(C3CC3)c2CC1. The molecule has 1 aliphatic carbocycles. The quantitative estimate of drug-likeness (QED) is 0.854. The number of fused-ring (bicyclic) bond motifs is 1. The number of aliphatic hydroxyl groups is 1. The van der Waals surface area contributed by atoms with E-state index in [4.69, 9.17) is 9.84 Å². The number of aliphatic hydroxyl groups excluding tert-OH is 1. The van der Waals surface area contributed by atoms with Crippen molar-refractivity contribution in [3.8, 4) is 5.75 Å². The molecule has 1 aromatic carbocycles. The summed E-state index contributed by atoms with van der Waals surface area (Å²) < 4.78 is 5.67. The lowest BCUT2D eigenvalue weighted by molar-refractivity contribution is 0.197. The lowest BCUT2D eigenvalue weighted by Crippen LogP contribution is -2.26. The van der Waals surface area contributed by atoms with Crippen molar-refractivity contribution in [3.63, 3.8) is 0 Å². The summed E-state index contributed by atoms with van der Waals surface area (Å²) in [6.45, 7) is 3.37. The molecule has 1 aliphatic heterocycles. The van der Waals surface area contributed by atoms with Crippen molar-refractivity contribution in [2.24, 2.45) is 0 Å². The summed E-state index contributed by atoms with van der Waals surface area (Å²) in [5.41, 5.74) is 5.34. The normalized spacial score (nSPS) is 18.2. The summed E-state index contributed by atoms with van der Waals surface area (Å²) in [5.74, 6) is 1.60. The number of nitrogens with zero attached hydrogens (tertiary/aromatic N) is 2. The van der Waals surface area contributed by atoms with Crippen LogP contribution in [-0.4, -0.2) is 46.5 Å². The molecule has 24 heavy (non-hydrogen) atoms. The molecule has 128 valence electrons. The largest absolute Gasteiger partial charge is 0.491 e. The molecule has 2 heterocycles. The Morgan fingerprint density at radius 2 is 2.04 bits per heavy atom. The molecule has 4 rings (SSSR count). The number of benzene rings is 1. The Hall–Kier alpha value is -1.85. The minimum Gasteiger partial charge on any atom is -0.491 e. The van der Waals surface area contributed by atoms with Crippen LogP contribution in [0, 0.1) is 0 Å². The predicted octanol–water partition coefficient (Wildman–Crippen LogP) is 2.26. The summed E-state index contributed by atoms with van der Waals surface area (Å²) in [6, 6.07) is 8.14. The first-order valence-corrected chi connectivity index (χ1v) is 8.95. The molecule has 1 aromatic heterocycles. The van der Waals surface area contributed by atoms with Crippen LogP contribution < -0.4 is 4.74 Å². The van der Waals surface area contributed by atoms with E-state index in [2.05, 4.69) is 27.2 Å². The molecule has 2 N–H and O–H groups in total. The van der Waals surface area contributed by atoms with Crippen LogP contribution in [0.15, 0.2) is 24.3 Å². The molecule has 1 saturated carbocycles. The van der Waals surface area contributed by atoms with Gasteiger partial charge in [0, 0.05) is 43.2 Å². The fraction of sp³-hybridized carbons (Fsp3) is 0.526. The molecule has 0 unspecified atom stereocenters. The Labute approximate surface area is 142 Å². The monoisotopic (exact) mass is 327 g/mol. The van der Waals surface area contributed by atoms with E-state index in [0.29, 0.717) is 12.5 Å². The smallest absolute Gasteiger partial charge is 0.123 e. The van der Waals surface area contributed by atoms with Crippen LogP contribution >= 0.6 is 0 Å². The van der Waals surface area contributed by atoms with E-state index >= 15 is 0 Å². The summed E-state index contributed by atoms with van der Waals surface area (Å²) in [5, 5.41) is 16.8. The minimum absolute atomic E-state index is 0.0453. The van der Waals surface area contributed by atoms with Crippen molar-refractivity contribution >= 4 is 0 Å². The second kappa shape index (κ2) is 6.95. The lowest BCUT2D eigenvalue weighted by atomic mass is 10.1. The van der Waals surface area contributed by atoms with Crippen LogP contribution in [0.4, 0.5) is 0 Å². The first-order valence-electron chi connectivity index (χ1n) is 8.95. The molecule has 0 spiro atoms. The summed E-state index contributed by atoms with van der Waals surface area (Å²) >= 11 is 0. The molecule has 0 amide bonds. The van der Waals surface area contributed by atoms with E-state index in [0.717, 1.165) is 38.2 Å².